The molecule has 5 aromatic rings. The molecule has 0 radical (unpaired) electrons. The highest BCUT2D eigenvalue weighted by atomic mass is 32.1. The molecule has 0 aliphatic heterocycles. The Morgan fingerprint density at radius 3 is 1.10 bits per heavy atom. The van der Waals surface area contributed by atoms with Crippen molar-refractivity contribution in [1.29, 1.82) is 21.0 Å². The molecule has 4 aliphatic rings. The van der Waals surface area contributed by atoms with Crippen LogP contribution in [0.1, 0.15) is 220 Å². The van der Waals surface area contributed by atoms with Crippen LogP contribution in [0.2, 0.25) is 0 Å². The Balaban J connectivity index is 1.27. The number of thiophene rings is 4. The lowest BCUT2D eigenvalue weighted by Gasteiger charge is -2.34. The van der Waals surface area contributed by atoms with Crippen molar-refractivity contribution in [1.82, 2.24) is 0 Å². The maximum Gasteiger partial charge on any atom is 0.195 e. The van der Waals surface area contributed by atoms with E-state index in [9.17, 15) is 30.6 Å². The van der Waals surface area contributed by atoms with Gasteiger partial charge in [0.05, 0.1) is 0 Å². The largest absolute Gasteiger partial charge is 0.289 e. The van der Waals surface area contributed by atoms with Gasteiger partial charge < -0.3 is 0 Å². The summed E-state index contributed by atoms with van der Waals surface area (Å²) in [5, 5.41) is 48.0. The second kappa shape index (κ2) is 22.2. The molecule has 0 unspecified atom stereocenters. The van der Waals surface area contributed by atoms with E-state index in [0.717, 1.165) is 112 Å². The topological polar surface area (TPSA) is 129 Å². The normalized spacial score (nSPS) is 16.3. The third-order valence-corrected chi connectivity index (χ3v) is 19.7. The number of nitrogens with zero attached hydrogens (tertiary/aromatic N) is 4. The van der Waals surface area contributed by atoms with Crippen LogP contribution in [0.5, 0.6) is 0 Å². The molecule has 0 amide bonds. The molecule has 1 aromatic carbocycles. The smallest absolute Gasteiger partial charge is 0.195 e. The second-order valence-electron chi connectivity index (χ2n) is 20.3. The zero-order chi connectivity index (χ0) is 50.6. The molecule has 4 aliphatic carbocycles. The maximum atomic E-state index is 14.1. The number of hydrogen-bond acceptors (Lipinski definition) is 10. The Kier molecular flexibility index (Phi) is 15.8. The standard InChI is InChI=1S/C62H62N4O2S4/c1-5-9-13-17-21-61(22-18-14-10-6-2)51-29-44-52(30-43(51)59-53(61)27-41(71-59)25-45-55(39(31-63)32-64)47-35-69-37-49(47)57(45)67)62(23-19-15-11-7-3,24-20-16-12-8-4)54-28-42(72-60(44)54)26-46-56(40(33-65)34-66)48-36-70-38-50(48)58(46)68/h25-30,35-38H,5-24H2,1-4H3/b45-25-,46-26?. The van der Waals surface area contributed by atoms with E-state index in [1.165, 1.54) is 91.5 Å². The maximum absolute atomic E-state index is 14.1. The minimum absolute atomic E-state index is 0.0312. The molecule has 0 saturated heterocycles. The van der Waals surface area contributed by atoms with Crippen LogP contribution in [0.15, 0.2) is 68.1 Å². The van der Waals surface area contributed by atoms with Crippen molar-refractivity contribution in [2.24, 2.45) is 0 Å². The number of hydrogen-bond donors (Lipinski definition) is 0. The molecular weight excluding hydrogens is 961 g/mol. The third kappa shape index (κ3) is 8.88. The summed E-state index contributed by atoms with van der Waals surface area (Å²) in [6, 6.07) is 18.3. The van der Waals surface area contributed by atoms with Crippen LogP contribution < -0.4 is 0 Å². The number of unbranched alkanes of at least 4 members (excludes halogenated alkanes) is 12. The Labute approximate surface area is 442 Å². The fourth-order valence-electron chi connectivity index (χ4n) is 12.4. The third-order valence-electron chi connectivity index (χ3n) is 15.9. The fraction of sp³-hybridized carbons (Fsp3) is 0.419. The molecule has 72 heavy (non-hydrogen) atoms. The summed E-state index contributed by atoms with van der Waals surface area (Å²) in [4.78, 5) is 32.8. The first-order valence-corrected chi connectivity index (χ1v) is 29.9. The van der Waals surface area contributed by atoms with Crippen molar-refractivity contribution >= 4 is 80.2 Å². The first-order chi connectivity index (χ1) is 35.2. The highest BCUT2D eigenvalue weighted by Gasteiger charge is 2.50. The summed E-state index contributed by atoms with van der Waals surface area (Å²) in [5.74, 6) is -0.260. The number of carbonyl (C=O) groups is 2. The van der Waals surface area contributed by atoms with Crippen LogP contribution in [0.25, 0.3) is 44.2 Å². The van der Waals surface area contributed by atoms with Crippen LogP contribution in [-0.2, 0) is 10.8 Å². The number of allylic oxidation sites excluding steroid dienone is 6. The van der Waals surface area contributed by atoms with Gasteiger partial charge in [-0.05, 0) is 106 Å². The molecule has 366 valence electrons. The fourth-order valence-corrected chi connectivity index (χ4v) is 16.5. The van der Waals surface area contributed by atoms with Crippen LogP contribution in [0.3, 0.4) is 0 Å². The van der Waals surface area contributed by atoms with E-state index in [1.54, 1.807) is 22.7 Å². The van der Waals surface area contributed by atoms with Gasteiger partial charge in [0, 0.05) is 85.6 Å². The number of nitriles is 4. The van der Waals surface area contributed by atoms with E-state index in [0.29, 0.717) is 44.5 Å². The number of ketones is 2. The van der Waals surface area contributed by atoms with Gasteiger partial charge in [-0.25, -0.2) is 0 Å². The van der Waals surface area contributed by atoms with Gasteiger partial charge in [-0.3, -0.25) is 9.59 Å². The van der Waals surface area contributed by atoms with Gasteiger partial charge in [-0.2, -0.15) is 43.7 Å². The van der Waals surface area contributed by atoms with Gasteiger partial charge in [0.1, 0.15) is 35.4 Å². The summed E-state index contributed by atoms with van der Waals surface area (Å²) < 4.78 is 0. The van der Waals surface area contributed by atoms with E-state index in [4.69, 9.17) is 0 Å². The molecular formula is C62H62N4O2S4. The zero-order valence-corrected chi connectivity index (χ0v) is 45.4. The summed E-state index contributed by atoms with van der Waals surface area (Å²) in [7, 11) is 0. The van der Waals surface area contributed by atoms with E-state index in [1.807, 2.05) is 33.7 Å². The van der Waals surface area contributed by atoms with E-state index in [2.05, 4.69) is 76.2 Å². The van der Waals surface area contributed by atoms with Crippen molar-refractivity contribution < 1.29 is 9.59 Å². The van der Waals surface area contributed by atoms with Gasteiger partial charge in [-0.1, -0.05) is 130 Å². The molecule has 9 rings (SSSR count). The molecule has 6 nitrogen and oxygen atoms in total. The predicted octanol–water partition coefficient (Wildman–Crippen LogP) is 18.5. The van der Waals surface area contributed by atoms with Gasteiger partial charge >= 0.3 is 0 Å². The SMILES string of the molecule is CCCCCCC1(CCCCCC)c2cc3c(cc2-c2sc(C=C4C(=O)c5cscc5C4=C(C#N)C#N)cc21)C(CCCCCC)(CCCCCC)c1cc(/C=C2\C(=O)c4cscc4C2=C(C#N)C#N)sc1-3. The second-order valence-corrected chi connectivity index (χ2v) is 23.9. The molecule has 10 heteroatoms. The van der Waals surface area contributed by atoms with E-state index < -0.39 is 0 Å². The minimum atomic E-state index is -0.247. The number of Topliss-reactive ketones (excluding diaryl/α,β-unsaturated/α-hetero) is 2. The first-order valence-electron chi connectivity index (χ1n) is 26.4. The monoisotopic (exact) mass is 1020 g/mol. The Morgan fingerprint density at radius 2 is 0.778 bits per heavy atom. The van der Waals surface area contributed by atoms with Gasteiger partial charge in [0.2, 0.25) is 0 Å². The molecule has 4 heterocycles. The number of carbonyl (C=O) groups excluding carboxylic acids is 2. The summed E-state index contributed by atoms with van der Waals surface area (Å²) in [5.41, 5.74) is 11.8. The number of benzene rings is 1. The lowest BCUT2D eigenvalue weighted by molar-refractivity contribution is 0.103. The summed E-state index contributed by atoms with van der Waals surface area (Å²) in [6.45, 7) is 9.08. The van der Waals surface area contributed by atoms with Crippen LogP contribution in [0.4, 0.5) is 0 Å². The molecule has 0 atom stereocenters. The zero-order valence-electron chi connectivity index (χ0n) is 42.2. The van der Waals surface area contributed by atoms with Crippen LogP contribution in [-0.4, -0.2) is 11.6 Å². The lowest BCUT2D eigenvalue weighted by atomic mass is 9.68. The van der Waals surface area contributed by atoms with Gasteiger partial charge in [0.15, 0.2) is 11.6 Å². The highest BCUT2D eigenvalue weighted by molar-refractivity contribution is 7.17. The number of fused-ring (bicyclic) bond motifs is 8. The highest BCUT2D eigenvalue weighted by Crippen LogP contribution is 2.64. The van der Waals surface area contributed by atoms with Crippen molar-refractivity contribution in [3.8, 4) is 45.2 Å². The molecule has 0 bridgehead atoms. The lowest BCUT2D eigenvalue weighted by Crippen LogP contribution is -2.27. The molecule has 0 N–H and O–H groups in total. The first kappa shape index (κ1) is 51.2. The Morgan fingerprint density at radius 1 is 0.444 bits per heavy atom. The van der Waals surface area contributed by atoms with Crippen molar-refractivity contribution in [3.05, 3.63) is 122 Å². The van der Waals surface area contributed by atoms with Crippen molar-refractivity contribution in [2.45, 2.75) is 167 Å². The average Bonchev–Trinajstić information content (AvgIpc) is 4.28. The molecule has 4 aromatic heterocycles. The number of rotatable bonds is 22. The van der Waals surface area contributed by atoms with E-state index >= 15 is 0 Å². The molecule has 0 spiro atoms. The quantitative estimate of drug-likeness (QED) is 0.0386. The van der Waals surface area contributed by atoms with Gasteiger partial charge in [-0.15, -0.1) is 22.7 Å². The average molecular weight is 1020 g/mol. The Bertz CT molecular complexity index is 2980. The predicted molar refractivity (Wildman–Crippen MR) is 299 cm³/mol. The summed E-state index contributed by atoms with van der Waals surface area (Å²) >= 11 is 6.35. The summed E-state index contributed by atoms with van der Waals surface area (Å²) in [6.07, 6.45) is 26.4. The van der Waals surface area contributed by atoms with Crippen LogP contribution in [0, 0.1) is 45.3 Å². The van der Waals surface area contributed by atoms with Gasteiger partial charge in [0.25, 0.3) is 0 Å². The van der Waals surface area contributed by atoms with E-state index in [-0.39, 0.29) is 33.5 Å². The molecule has 0 fully saturated rings. The van der Waals surface area contributed by atoms with Crippen molar-refractivity contribution in [2.75, 3.05) is 0 Å². The minimum Gasteiger partial charge on any atom is -0.289 e. The molecule has 0 saturated carbocycles. The van der Waals surface area contributed by atoms with Crippen molar-refractivity contribution in [3.63, 3.8) is 0 Å². The van der Waals surface area contributed by atoms with Crippen LogP contribution >= 0.6 is 45.3 Å². The Hall–Kier alpha value is -5.72.